The predicted octanol–water partition coefficient (Wildman–Crippen LogP) is 3.33. The van der Waals surface area contributed by atoms with Gasteiger partial charge in [-0.25, -0.2) is 8.42 Å². The molecule has 0 spiro atoms. The van der Waals surface area contributed by atoms with Crippen LogP contribution in [0.1, 0.15) is 24.0 Å². The monoisotopic (exact) mass is 477 g/mol. The highest BCUT2D eigenvalue weighted by Crippen LogP contribution is 2.37. The third-order valence-electron chi connectivity index (χ3n) is 5.75. The van der Waals surface area contributed by atoms with Gasteiger partial charge in [-0.15, -0.1) is 0 Å². The van der Waals surface area contributed by atoms with Crippen LogP contribution < -0.4 is 15.4 Å². The minimum absolute atomic E-state index is 0.00395. The Balaban J connectivity index is 1.44. The molecule has 2 heterocycles. The lowest BCUT2D eigenvalue weighted by Gasteiger charge is -2.31. The maximum Gasteiger partial charge on any atom is 0.262 e. The molecule has 4 rings (SSSR count). The van der Waals surface area contributed by atoms with Crippen molar-refractivity contribution in [2.45, 2.75) is 31.6 Å². The van der Waals surface area contributed by atoms with Gasteiger partial charge in [-0.2, -0.15) is 4.31 Å². The standard InChI is InChI=1S/C22H24ClN3O5S/c1-13-3-4-17(14(2)9-13)25-22(28)15-5-7-26(8-6-15)32(29,30)20-11-19-18(10-16(20)23)24-21(27)12-31-19/h3-4,9-11,15H,5-8,12H2,1-2H3,(H,24,27)(H,25,28). The Kier molecular flexibility index (Phi) is 6.15. The van der Waals surface area contributed by atoms with Crippen molar-refractivity contribution in [2.24, 2.45) is 5.92 Å². The molecule has 0 saturated carbocycles. The lowest BCUT2D eigenvalue weighted by molar-refractivity contribution is -0.121. The van der Waals surface area contributed by atoms with Crippen LogP contribution in [-0.4, -0.2) is 44.2 Å². The minimum Gasteiger partial charge on any atom is -0.482 e. The zero-order valence-corrected chi connectivity index (χ0v) is 19.3. The molecule has 8 nitrogen and oxygen atoms in total. The van der Waals surface area contributed by atoms with Crippen LogP contribution >= 0.6 is 11.6 Å². The summed E-state index contributed by atoms with van der Waals surface area (Å²) in [7, 11) is -3.88. The van der Waals surface area contributed by atoms with Crippen LogP contribution in [-0.2, 0) is 19.6 Å². The molecule has 2 N–H and O–H groups in total. The molecule has 0 unspecified atom stereocenters. The van der Waals surface area contributed by atoms with Gasteiger partial charge in [0.2, 0.25) is 15.9 Å². The summed E-state index contributed by atoms with van der Waals surface area (Å²) in [4.78, 5) is 24.1. The number of carbonyl (C=O) groups is 2. The smallest absolute Gasteiger partial charge is 0.262 e. The van der Waals surface area contributed by atoms with Crippen molar-refractivity contribution in [1.82, 2.24) is 4.31 Å². The average molecular weight is 478 g/mol. The van der Waals surface area contributed by atoms with Gasteiger partial charge in [0.05, 0.1) is 10.7 Å². The van der Waals surface area contributed by atoms with Gasteiger partial charge in [0, 0.05) is 30.8 Å². The molecular formula is C22H24ClN3O5S. The van der Waals surface area contributed by atoms with Crippen LogP contribution in [0.5, 0.6) is 5.75 Å². The van der Waals surface area contributed by atoms with Crippen LogP contribution in [0, 0.1) is 19.8 Å². The number of hydrogen-bond acceptors (Lipinski definition) is 5. The molecule has 1 fully saturated rings. The number of anilines is 2. The van der Waals surface area contributed by atoms with E-state index in [-0.39, 0.29) is 53.1 Å². The van der Waals surface area contributed by atoms with Gasteiger partial charge in [-0.1, -0.05) is 29.3 Å². The highest BCUT2D eigenvalue weighted by Gasteiger charge is 2.34. The van der Waals surface area contributed by atoms with Crippen LogP contribution in [0.15, 0.2) is 35.2 Å². The number of carbonyl (C=O) groups excluding carboxylic acids is 2. The van der Waals surface area contributed by atoms with Gasteiger partial charge in [0.15, 0.2) is 6.61 Å². The molecule has 32 heavy (non-hydrogen) atoms. The molecule has 170 valence electrons. The molecular weight excluding hydrogens is 454 g/mol. The molecule has 0 radical (unpaired) electrons. The van der Waals surface area contributed by atoms with Gasteiger partial charge >= 0.3 is 0 Å². The Bertz CT molecular complexity index is 1190. The Morgan fingerprint density at radius 2 is 1.91 bits per heavy atom. The highest BCUT2D eigenvalue weighted by molar-refractivity contribution is 7.89. The number of amides is 2. The topological polar surface area (TPSA) is 105 Å². The van der Waals surface area contributed by atoms with E-state index in [0.29, 0.717) is 18.5 Å². The largest absolute Gasteiger partial charge is 0.482 e. The fourth-order valence-electron chi connectivity index (χ4n) is 3.97. The second kappa shape index (κ2) is 8.73. The van der Waals surface area contributed by atoms with Crippen molar-refractivity contribution in [2.75, 3.05) is 30.3 Å². The van der Waals surface area contributed by atoms with Crippen LogP contribution in [0.4, 0.5) is 11.4 Å². The molecule has 2 aliphatic rings. The maximum atomic E-state index is 13.2. The van der Waals surface area contributed by atoms with E-state index in [0.717, 1.165) is 16.8 Å². The van der Waals surface area contributed by atoms with Gasteiger partial charge in [-0.05, 0) is 44.4 Å². The van der Waals surface area contributed by atoms with E-state index in [2.05, 4.69) is 10.6 Å². The summed E-state index contributed by atoms with van der Waals surface area (Å²) in [6.45, 7) is 4.16. The van der Waals surface area contributed by atoms with E-state index >= 15 is 0 Å². The number of nitrogens with one attached hydrogen (secondary N) is 2. The van der Waals surface area contributed by atoms with Crippen molar-refractivity contribution in [1.29, 1.82) is 0 Å². The molecule has 0 bridgehead atoms. The van der Waals surface area contributed by atoms with Crippen molar-refractivity contribution in [3.05, 3.63) is 46.5 Å². The van der Waals surface area contributed by atoms with Crippen molar-refractivity contribution in [3.63, 3.8) is 0 Å². The molecule has 10 heteroatoms. The zero-order chi connectivity index (χ0) is 23.0. The first-order valence-corrected chi connectivity index (χ1v) is 12.1. The third kappa shape index (κ3) is 4.46. The summed E-state index contributed by atoms with van der Waals surface area (Å²) in [6, 6.07) is 8.54. The van der Waals surface area contributed by atoms with E-state index in [1.54, 1.807) is 0 Å². The maximum absolute atomic E-state index is 13.2. The number of sulfonamides is 1. The first-order chi connectivity index (χ1) is 15.1. The minimum atomic E-state index is -3.88. The Morgan fingerprint density at radius 1 is 1.19 bits per heavy atom. The predicted molar refractivity (Wildman–Crippen MR) is 122 cm³/mol. The second-order valence-corrected chi connectivity index (χ2v) is 10.4. The number of piperidine rings is 1. The molecule has 0 aromatic heterocycles. The van der Waals surface area contributed by atoms with E-state index in [1.807, 2.05) is 32.0 Å². The Hall–Kier alpha value is -2.62. The number of halogens is 1. The fraction of sp³-hybridized carbons (Fsp3) is 0.364. The SMILES string of the molecule is Cc1ccc(NC(=O)C2CCN(S(=O)(=O)c3cc4c(cc3Cl)NC(=O)CO4)CC2)c(C)c1. The number of aryl methyl sites for hydroxylation is 2. The van der Waals surface area contributed by atoms with Crippen molar-refractivity contribution < 1.29 is 22.7 Å². The molecule has 2 amide bonds. The second-order valence-electron chi connectivity index (χ2n) is 8.10. The summed E-state index contributed by atoms with van der Waals surface area (Å²) in [6.07, 6.45) is 0.816. The van der Waals surface area contributed by atoms with Crippen LogP contribution in [0.25, 0.3) is 0 Å². The summed E-state index contributed by atoms with van der Waals surface area (Å²) in [5.41, 5.74) is 3.21. The number of rotatable bonds is 4. The van der Waals surface area contributed by atoms with E-state index < -0.39 is 10.0 Å². The lowest BCUT2D eigenvalue weighted by Crippen LogP contribution is -2.41. The van der Waals surface area contributed by atoms with Gasteiger partial charge in [0.1, 0.15) is 10.6 Å². The first kappa shape index (κ1) is 22.6. The summed E-state index contributed by atoms with van der Waals surface area (Å²) in [5, 5.41) is 5.57. The van der Waals surface area contributed by atoms with Crippen LogP contribution in [0.3, 0.4) is 0 Å². The van der Waals surface area contributed by atoms with Gasteiger partial charge < -0.3 is 15.4 Å². The highest BCUT2D eigenvalue weighted by atomic mass is 35.5. The molecule has 2 aliphatic heterocycles. The first-order valence-electron chi connectivity index (χ1n) is 10.3. The number of nitrogens with zero attached hydrogens (tertiary/aromatic N) is 1. The molecule has 2 aromatic rings. The summed E-state index contributed by atoms with van der Waals surface area (Å²) >= 11 is 6.23. The zero-order valence-electron chi connectivity index (χ0n) is 17.8. The Labute approximate surface area is 191 Å². The molecule has 2 aromatic carbocycles. The summed E-state index contributed by atoms with van der Waals surface area (Å²) < 4.78 is 33.1. The number of ether oxygens (including phenoxy) is 1. The molecule has 1 saturated heterocycles. The average Bonchev–Trinajstić information content (AvgIpc) is 2.75. The fourth-order valence-corrected chi connectivity index (χ4v) is 5.95. The van der Waals surface area contributed by atoms with E-state index in [4.69, 9.17) is 16.3 Å². The third-order valence-corrected chi connectivity index (χ3v) is 8.11. The molecule has 0 aliphatic carbocycles. The van der Waals surface area contributed by atoms with Crippen molar-refractivity contribution in [3.8, 4) is 5.75 Å². The quantitative estimate of drug-likeness (QED) is 0.702. The van der Waals surface area contributed by atoms with E-state index in [1.165, 1.54) is 16.4 Å². The number of fused-ring (bicyclic) bond motifs is 1. The van der Waals surface area contributed by atoms with Gasteiger partial charge in [-0.3, -0.25) is 9.59 Å². The number of hydrogen-bond donors (Lipinski definition) is 2. The van der Waals surface area contributed by atoms with Crippen LogP contribution in [0.2, 0.25) is 5.02 Å². The summed E-state index contributed by atoms with van der Waals surface area (Å²) in [5.74, 6) is -0.453. The van der Waals surface area contributed by atoms with Crippen molar-refractivity contribution >= 4 is 44.8 Å². The Morgan fingerprint density at radius 3 is 2.59 bits per heavy atom. The van der Waals surface area contributed by atoms with Gasteiger partial charge in [0.25, 0.3) is 5.91 Å². The lowest BCUT2D eigenvalue weighted by atomic mass is 9.97. The van der Waals surface area contributed by atoms with E-state index in [9.17, 15) is 18.0 Å². The molecule has 0 atom stereocenters. The normalized spacial score (nSPS) is 17.3. The number of benzene rings is 2.